The maximum Gasteiger partial charge on any atom is 0.0633 e. The minimum absolute atomic E-state index is 0.0397. The highest BCUT2D eigenvalue weighted by Crippen LogP contribution is 2.26. The van der Waals surface area contributed by atoms with Crippen LogP contribution in [0.2, 0.25) is 0 Å². The molecule has 0 bridgehead atoms. The van der Waals surface area contributed by atoms with Crippen LogP contribution in [0.4, 0.5) is 0 Å². The Labute approximate surface area is 108 Å². The first-order valence-electron chi connectivity index (χ1n) is 6.33. The number of H-pyrrole nitrogens is 1. The summed E-state index contributed by atoms with van der Waals surface area (Å²) in [6.45, 7) is 10.9. The summed E-state index contributed by atoms with van der Waals surface area (Å²) in [7, 11) is 0. The molecule has 2 heterocycles. The summed E-state index contributed by atoms with van der Waals surface area (Å²) in [5.41, 5.74) is 2.42. The van der Waals surface area contributed by atoms with Crippen LogP contribution in [-0.2, 0) is 17.4 Å². The standard InChI is InChI=1S/C14H22N4/c1-13(2,3)18-7-6-12(17-18)8-14(4,5)11-9-15-16-10-11/h6-7,9-10H,8H2,1-5H3,(H,15,16). The van der Waals surface area contributed by atoms with Crippen LogP contribution >= 0.6 is 0 Å². The molecule has 0 radical (unpaired) electrons. The molecule has 0 unspecified atom stereocenters. The molecule has 2 rings (SSSR count). The molecule has 4 nitrogen and oxygen atoms in total. The first kappa shape index (κ1) is 12.9. The Bertz CT molecular complexity index is 500. The van der Waals surface area contributed by atoms with Gasteiger partial charge in [0.25, 0.3) is 0 Å². The summed E-state index contributed by atoms with van der Waals surface area (Å²) < 4.78 is 2.02. The normalized spacial score (nSPS) is 12.9. The van der Waals surface area contributed by atoms with Gasteiger partial charge in [0.2, 0.25) is 0 Å². The van der Waals surface area contributed by atoms with Crippen LogP contribution in [0.3, 0.4) is 0 Å². The maximum absolute atomic E-state index is 4.66. The third-order valence-electron chi connectivity index (χ3n) is 3.23. The molecule has 0 atom stereocenters. The number of aromatic amines is 1. The third-order valence-corrected chi connectivity index (χ3v) is 3.23. The fraction of sp³-hybridized carbons (Fsp3) is 0.571. The van der Waals surface area contributed by atoms with Crippen molar-refractivity contribution in [1.82, 2.24) is 20.0 Å². The molecule has 18 heavy (non-hydrogen) atoms. The van der Waals surface area contributed by atoms with Gasteiger partial charge in [-0.15, -0.1) is 0 Å². The van der Waals surface area contributed by atoms with E-state index < -0.39 is 0 Å². The molecule has 0 spiro atoms. The number of nitrogens with one attached hydrogen (secondary N) is 1. The van der Waals surface area contributed by atoms with Gasteiger partial charge in [0.05, 0.1) is 17.4 Å². The van der Waals surface area contributed by atoms with E-state index in [0.717, 1.165) is 12.1 Å². The van der Waals surface area contributed by atoms with Gasteiger partial charge < -0.3 is 0 Å². The second-order valence-corrected chi connectivity index (χ2v) is 6.47. The summed E-state index contributed by atoms with van der Waals surface area (Å²) in [6.07, 6.45) is 6.82. The van der Waals surface area contributed by atoms with E-state index in [-0.39, 0.29) is 11.0 Å². The van der Waals surface area contributed by atoms with E-state index in [4.69, 9.17) is 0 Å². The highest BCUT2D eigenvalue weighted by molar-refractivity contribution is 5.20. The van der Waals surface area contributed by atoms with Crippen LogP contribution in [-0.4, -0.2) is 20.0 Å². The quantitative estimate of drug-likeness (QED) is 0.905. The molecule has 0 saturated carbocycles. The zero-order chi connectivity index (χ0) is 13.4. The SMILES string of the molecule is CC(C)(Cc1ccn(C(C)(C)C)n1)c1cn[nH]c1. The molecule has 0 aromatic carbocycles. The van der Waals surface area contributed by atoms with Gasteiger partial charge in [-0.1, -0.05) is 13.8 Å². The highest BCUT2D eigenvalue weighted by Gasteiger charge is 2.24. The van der Waals surface area contributed by atoms with Crippen LogP contribution in [0.1, 0.15) is 45.9 Å². The Morgan fingerprint density at radius 2 is 1.94 bits per heavy atom. The minimum atomic E-state index is 0.0397. The Hall–Kier alpha value is -1.58. The summed E-state index contributed by atoms with van der Waals surface area (Å²) >= 11 is 0. The van der Waals surface area contributed by atoms with Gasteiger partial charge in [-0.3, -0.25) is 9.78 Å². The van der Waals surface area contributed by atoms with Crippen molar-refractivity contribution in [2.45, 2.75) is 52.0 Å². The number of hydrogen-bond acceptors (Lipinski definition) is 2. The molecule has 2 aromatic heterocycles. The lowest BCUT2D eigenvalue weighted by Crippen LogP contribution is -2.24. The third kappa shape index (κ3) is 2.63. The molecule has 0 aliphatic carbocycles. The van der Waals surface area contributed by atoms with Crippen molar-refractivity contribution in [3.05, 3.63) is 35.9 Å². The maximum atomic E-state index is 4.66. The van der Waals surface area contributed by atoms with Gasteiger partial charge in [-0.2, -0.15) is 10.2 Å². The summed E-state index contributed by atoms with van der Waals surface area (Å²) in [6, 6.07) is 2.10. The predicted molar refractivity (Wildman–Crippen MR) is 72.5 cm³/mol. The predicted octanol–water partition coefficient (Wildman–Crippen LogP) is 2.88. The monoisotopic (exact) mass is 246 g/mol. The zero-order valence-electron chi connectivity index (χ0n) is 11.9. The minimum Gasteiger partial charge on any atom is -0.285 e. The molecule has 98 valence electrons. The lowest BCUT2D eigenvalue weighted by atomic mass is 9.82. The van der Waals surface area contributed by atoms with E-state index in [1.807, 2.05) is 17.1 Å². The molecular weight excluding hydrogens is 224 g/mol. The largest absolute Gasteiger partial charge is 0.285 e. The fourth-order valence-electron chi connectivity index (χ4n) is 2.01. The average Bonchev–Trinajstić information content (AvgIpc) is 2.83. The molecule has 0 aliphatic heterocycles. The van der Waals surface area contributed by atoms with Gasteiger partial charge in [0.1, 0.15) is 0 Å². The van der Waals surface area contributed by atoms with Crippen LogP contribution in [0.25, 0.3) is 0 Å². The molecule has 0 saturated heterocycles. The van der Waals surface area contributed by atoms with E-state index in [1.54, 1.807) is 0 Å². The molecule has 1 N–H and O–H groups in total. The molecule has 4 heteroatoms. The van der Waals surface area contributed by atoms with Crippen molar-refractivity contribution in [2.75, 3.05) is 0 Å². The van der Waals surface area contributed by atoms with Crippen molar-refractivity contribution in [2.24, 2.45) is 0 Å². The zero-order valence-corrected chi connectivity index (χ0v) is 11.9. The summed E-state index contributed by atoms with van der Waals surface area (Å²) in [4.78, 5) is 0. The van der Waals surface area contributed by atoms with Crippen molar-refractivity contribution >= 4 is 0 Å². The van der Waals surface area contributed by atoms with Crippen LogP contribution < -0.4 is 0 Å². The number of aromatic nitrogens is 4. The van der Waals surface area contributed by atoms with Gasteiger partial charge >= 0.3 is 0 Å². The highest BCUT2D eigenvalue weighted by atomic mass is 15.3. The molecule has 0 fully saturated rings. The van der Waals surface area contributed by atoms with E-state index in [0.29, 0.717) is 0 Å². The Morgan fingerprint density at radius 3 is 2.44 bits per heavy atom. The molecule has 2 aromatic rings. The average molecular weight is 246 g/mol. The van der Waals surface area contributed by atoms with Crippen molar-refractivity contribution in [3.63, 3.8) is 0 Å². The molecule has 0 aliphatic rings. The van der Waals surface area contributed by atoms with Gasteiger partial charge in [0, 0.05) is 18.8 Å². The first-order chi connectivity index (χ1) is 8.29. The number of rotatable bonds is 3. The van der Waals surface area contributed by atoms with Crippen LogP contribution in [0, 0.1) is 0 Å². The number of hydrogen-bond donors (Lipinski definition) is 1. The van der Waals surface area contributed by atoms with E-state index in [1.165, 1.54) is 5.56 Å². The van der Waals surface area contributed by atoms with Crippen molar-refractivity contribution in [3.8, 4) is 0 Å². The van der Waals surface area contributed by atoms with Crippen molar-refractivity contribution < 1.29 is 0 Å². The fourth-order valence-corrected chi connectivity index (χ4v) is 2.01. The number of nitrogens with zero attached hydrogens (tertiary/aromatic N) is 3. The second kappa shape index (κ2) is 4.26. The van der Waals surface area contributed by atoms with E-state index >= 15 is 0 Å². The van der Waals surface area contributed by atoms with Gasteiger partial charge in [-0.25, -0.2) is 0 Å². The van der Waals surface area contributed by atoms with Crippen LogP contribution in [0.5, 0.6) is 0 Å². The lowest BCUT2D eigenvalue weighted by Gasteiger charge is -2.22. The topological polar surface area (TPSA) is 46.5 Å². The Balaban J connectivity index is 2.17. The van der Waals surface area contributed by atoms with Gasteiger partial charge in [0.15, 0.2) is 0 Å². The second-order valence-electron chi connectivity index (χ2n) is 6.47. The van der Waals surface area contributed by atoms with Crippen LogP contribution in [0.15, 0.2) is 24.7 Å². The summed E-state index contributed by atoms with van der Waals surface area (Å²) in [5, 5.41) is 11.6. The van der Waals surface area contributed by atoms with Crippen molar-refractivity contribution in [1.29, 1.82) is 0 Å². The molecular formula is C14H22N4. The Morgan fingerprint density at radius 1 is 1.22 bits per heavy atom. The summed E-state index contributed by atoms with van der Waals surface area (Å²) in [5.74, 6) is 0. The van der Waals surface area contributed by atoms with E-state index in [9.17, 15) is 0 Å². The smallest absolute Gasteiger partial charge is 0.0633 e. The molecule has 0 amide bonds. The lowest BCUT2D eigenvalue weighted by molar-refractivity contribution is 0.351. The Kier molecular flexibility index (Phi) is 3.05. The van der Waals surface area contributed by atoms with E-state index in [2.05, 4.69) is 62.2 Å². The first-order valence-corrected chi connectivity index (χ1v) is 6.33. The van der Waals surface area contributed by atoms with Gasteiger partial charge in [-0.05, 0) is 37.8 Å².